The van der Waals surface area contributed by atoms with Gasteiger partial charge in [0, 0.05) is 19.4 Å². The molecule has 0 spiro atoms. The molecule has 4 rings (SSSR count). The summed E-state index contributed by atoms with van der Waals surface area (Å²) in [6.45, 7) is 8.50. The molecule has 0 radical (unpaired) electrons. The number of hydrogen-bond acceptors (Lipinski definition) is 6. The summed E-state index contributed by atoms with van der Waals surface area (Å²) < 4.78 is 0. The van der Waals surface area contributed by atoms with Gasteiger partial charge in [-0.3, -0.25) is 19.2 Å². The molecule has 0 saturated carbocycles. The van der Waals surface area contributed by atoms with E-state index in [0.29, 0.717) is 19.4 Å². The Balaban J connectivity index is 1.52. The van der Waals surface area contributed by atoms with Gasteiger partial charge in [0.1, 0.15) is 23.9 Å². The monoisotopic (exact) mass is 655 g/mol. The number of phenolic OH excluding ortho intramolecular Hbond substituents is 1. The highest BCUT2D eigenvalue weighted by atomic mass is 16.3. The van der Waals surface area contributed by atoms with Crippen molar-refractivity contribution in [3.63, 3.8) is 0 Å². The minimum absolute atomic E-state index is 0.103. The smallest absolute Gasteiger partial charge is 0.243 e. The van der Waals surface area contributed by atoms with E-state index >= 15 is 0 Å². The highest BCUT2D eigenvalue weighted by Crippen LogP contribution is 2.33. The van der Waals surface area contributed by atoms with Gasteiger partial charge in [0.15, 0.2) is 0 Å². The number of carbonyl (C=O) groups is 4. The van der Waals surface area contributed by atoms with Crippen LogP contribution < -0.4 is 22.1 Å². The van der Waals surface area contributed by atoms with Crippen molar-refractivity contribution < 1.29 is 24.3 Å². The maximum absolute atomic E-state index is 13.8. The second-order valence-corrected chi connectivity index (χ2v) is 13.3. The normalized spacial score (nSPS) is 16.4. The fraction of sp³-hybridized carbons (Fsp3) is 0.421. The molecule has 1 fully saturated rings. The predicted molar refractivity (Wildman–Crippen MR) is 186 cm³/mol. The summed E-state index contributed by atoms with van der Waals surface area (Å²) in [5, 5.41) is 16.0. The summed E-state index contributed by atoms with van der Waals surface area (Å²) in [5.74, 6) is -1.65. The van der Waals surface area contributed by atoms with Crippen LogP contribution in [0.2, 0.25) is 0 Å². The number of nitrogens with zero attached hydrogens (tertiary/aromatic N) is 1. The molecule has 4 atom stereocenters. The van der Waals surface area contributed by atoms with Crippen LogP contribution in [0.5, 0.6) is 5.75 Å². The van der Waals surface area contributed by atoms with E-state index in [1.807, 2.05) is 88.4 Å². The lowest BCUT2D eigenvalue weighted by molar-refractivity contribution is -0.140. The lowest BCUT2D eigenvalue weighted by Gasteiger charge is -2.30. The predicted octanol–water partition coefficient (Wildman–Crippen LogP) is 3.44. The first-order chi connectivity index (χ1) is 22.8. The van der Waals surface area contributed by atoms with Crippen LogP contribution in [0.4, 0.5) is 0 Å². The van der Waals surface area contributed by atoms with Gasteiger partial charge in [0.05, 0.1) is 6.04 Å². The minimum atomic E-state index is -1.03. The summed E-state index contributed by atoms with van der Waals surface area (Å²) in [7, 11) is 0. The van der Waals surface area contributed by atoms with E-state index in [0.717, 1.165) is 27.8 Å². The lowest BCUT2D eigenvalue weighted by Crippen LogP contribution is -2.58. The van der Waals surface area contributed by atoms with E-state index in [-0.39, 0.29) is 42.8 Å². The van der Waals surface area contributed by atoms with Gasteiger partial charge in [0.2, 0.25) is 23.6 Å². The number of nitrogens with two attached hydrogens (primary N) is 2. The van der Waals surface area contributed by atoms with E-state index in [2.05, 4.69) is 10.6 Å². The van der Waals surface area contributed by atoms with Crippen LogP contribution in [0.25, 0.3) is 0 Å². The Morgan fingerprint density at radius 1 is 0.812 bits per heavy atom. The van der Waals surface area contributed by atoms with Gasteiger partial charge in [0.25, 0.3) is 0 Å². The molecule has 1 aliphatic rings. The quantitative estimate of drug-likeness (QED) is 0.178. The van der Waals surface area contributed by atoms with Gasteiger partial charge < -0.3 is 32.1 Å². The Labute approximate surface area is 283 Å². The van der Waals surface area contributed by atoms with E-state index in [1.165, 1.54) is 4.90 Å². The van der Waals surface area contributed by atoms with Gasteiger partial charge in [-0.05, 0) is 71.0 Å². The Morgan fingerprint density at radius 2 is 1.33 bits per heavy atom. The first-order valence-corrected chi connectivity index (χ1v) is 16.7. The zero-order valence-electron chi connectivity index (χ0n) is 28.3. The van der Waals surface area contributed by atoms with E-state index in [1.54, 1.807) is 12.1 Å². The molecule has 0 bridgehead atoms. The number of nitrogens with one attached hydrogen (secondary N) is 2. The van der Waals surface area contributed by atoms with Crippen molar-refractivity contribution in [2.24, 2.45) is 11.5 Å². The lowest BCUT2D eigenvalue weighted by atomic mass is 9.85. The molecule has 4 amide bonds. The molecule has 256 valence electrons. The molecule has 0 aliphatic carbocycles. The molecule has 10 nitrogen and oxygen atoms in total. The summed E-state index contributed by atoms with van der Waals surface area (Å²) in [5.41, 5.74) is 16.7. The third kappa shape index (κ3) is 9.22. The number of carbonyl (C=O) groups excluding carboxylic acids is 4. The molecule has 1 aliphatic heterocycles. The molecule has 3 aromatic rings. The van der Waals surface area contributed by atoms with Crippen LogP contribution in [0.1, 0.15) is 80.2 Å². The van der Waals surface area contributed by atoms with E-state index < -0.39 is 41.9 Å². The first kappa shape index (κ1) is 36.1. The first-order valence-electron chi connectivity index (χ1n) is 16.7. The van der Waals surface area contributed by atoms with Crippen molar-refractivity contribution in [2.75, 3.05) is 6.54 Å². The highest BCUT2D eigenvalue weighted by molar-refractivity contribution is 5.95. The minimum Gasteiger partial charge on any atom is -0.508 e. The largest absolute Gasteiger partial charge is 0.508 e. The summed E-state index contributed by atoms with van der Waals surface area (Å²) in [6, 6.07) is 18.2. The molecule has 10 heteroatoms. The van der Waals surface area contributed by atoms with Crippen molar-refractivity contribution in [1.29, 1.82) is 0 Å². The fourth-order valence-corrected chi connectivity index (χ4v) is 6.46. The Hall–Kier alpha value is -4.70. The number of benzene rings is 3. The molecule has 1 heterocycles. The highest BCUT2D eigenvalue weighted by Gasteiger charge is 2.38. The maximum atomic E-state index is 13.8. The number of hydrogen-bond donors (Lipinski definition) is 5. The van der Waals surface area contributed by atoms with Crippen LogP contribution in [0, 0.1) is 0 Å². The summed E-state index contributed by atoms with van der Waals surface area (Å²) in [4.78, 5) is 55.2. The molecule has 7 N–H and O–H groups in total. The van der Waals surface area contributed by atoms with Crippen molar-refractivity contribution in [1.82, 2.24) is 15.5 Å². The molecule has 1 saturated heterocycles. The second kappa shape index (κ2) is 16.4. The molecule has 0 aromatic heterocycles. The van der Waals surface area contributed by atoms with Gasteiger partial charge >= 0.3 is 0 Å². The molecule has 48 heavy (non-hydrogen) atoms. The van der Waals surface area contributed by atoms with Gasteiger partial charge in [-0.1, -0.05) is 88.4 Å². The molecule has 3 aromatic carbocycles. The summed E-state index contributed by atoms with van der Waals surface area (Å²) >= 11 is 0. The van der Waals surface area contributed by atoms with Crippen LogP contribution >= 0.6 is 0 Å². The SMILES string of the molecule is CC(C)c1cc(O)cc(C(C)C)c1C[C@H](N)C(=O)N1CCC[C@H]1C(=O)N[C@@H](Cc1ccccc1)C(=O)N[C@@H](Cc1ccccc1)C(N)=O. The number of aromatic hydroxyl groups is 1. The van der Waals surface area contributed by atoms with Gasteiger partial charge in [-0.25, -0.2) is 0 Å². The van der Waals surface area contributed by atoms with E-state index in [9.17, 15) is 24.3 Å². The average molecular weight is 656 g/mol. The second-order valence-electron chi connectivity index (χ2n) is 13.3. The maximum Gasteiger partial charge on any atom is 0.243 e. The zero-order chi connectivity index (χ0) is 35.0. The van der Waals surface area contributed by atoms with E-state index in [4.69, 9.17) is 11.5 Å². The Morgan fingerprint density at radius 3 is 1.83 bits per heavy atom. The van der Waals surface area contributed by atoms with Gasteiger partial charge in [-0.15, -0.1) is 0 Å². The topological polar surface area (TPSA) is 168 Å². The number of amides is 4. The fourth-order valence-electron chi connectivity index (χ4n) is 6.46. The zero-order valence-corrected chi connectivity index (χ0v) is 28.3. The number of phenols is 1. The standard InChI is InChI=1S/C38H49N5O5/c1-23(2)28-20-27(44)21-29(24(3)4)30(28)22-31(39)38(48)43-17-11-16-34(43)37(47)42-33(19-26-14-9-6-10-15-26)36(46)41-32(35(40)45)18-25-12-7-5-8-13-25/h5-10,12-15,20-21,23-24,31-34,44H,11,16-19,22,39H2,1-4H3,(H2,40,45)(H,41,46)(H,42,47)/t31-,32-,33-,34-/m0/s1. The Kier molecular flexibility index (Phi) is 12.4. The average Bonchev–Trinajstić information content (AvgIpc) is 3.55. The van der Waals surface area contributed by atoms with Crippen LogP contribution in [-0.4, -0.2) is 64.3 Å². The van der Waals surface area contributed by atoms with Crippen LogP contribution in [0.3, 0.4) is 0 Å². The van der Waals surface area contributed by atoms with Crippen molar-refractivity contribution >= 4 is 23.6 Å². The van der Waals surface area contributed by atoms with Crippen molar-refractivity contribution in [3.05, 3.63) is 101 Å². The third-order valence-electron chi connectivity index (χ3n) is 8.99. The number of primary amides is 1. The third-order valence-corrected chi connectivity index (χ3v) is 8.99. The van der Waals surface area contributed by atoms with Crippen molar-refractivity contribution in [2.45, 2.75) is 95.8 Å². The molecule has 0 unspecified atom stereocenters. The summed E-state index contributed by atoms with van der Waals surface area (Å²) in [6.07, 6.45) is 1.68. The number of rotatable bonds is 14. The van der Waals surface area contributed by atoms with Gasteiger partial charge in [-0.2, -0.15) is 0 Å². The Bertz CT molecular complexity index is 1550. The van der Waals surface area contributed by atoms with Crippen molar-refractivity contribution in [3.8, 4) is 5.75 Å². The molecular formula is C38H49N5O5. The molecular weight excluding hydrogens is 606 g/mol. The number of likely N-dealkylation sites (tertiary alicyclic amines) is 1. The van der Waals surface area contributed by atoms with Crippen LogP contribution in [0.15, 0.2) is 72.8 Å². The van der Waals surface area contributed by atoms with Crippen LogP contribution in [-0.2, 0) is 38.4 Å².